The fourth-order valence-corrected chi connectivity index (χ4v) is 2.46. The second kappa shape index (κ2) is 6.39. The highest BCUT2D eigenvalue weighted by Crippen LogP contribution is 2.28. The van der Waals surface area contributed by atoms with Gasteiger partial charge >= 0.3 is 0 Å². The molecule has 2 unspecified atom stereocenters. The normalized spacial score (nSPS) is 20.7. The van der Waals surface area contributed by atoms with Gasteiger partial charge in [0.05, 0.1) is 6.10 Å². The van der Waals surface area contributed by atoms with Crippen LogP contribution in [-0.4, -0.2) is 19.3 Å². The standard InChI is InChI=1S/C14H18F3NO/c1-2-18-14(6-9-4-3-5-19-9)10-7-12(16)13(17)8-11(10)15/h7-9,14,18H,2-6H2,1H3. The minimum absolute atomic E-state index is 0.0524. The number of rotatable bonds is 5. The first-order chi connectivity index (χ1) is 9.11. The van der Waals surface area contributed by atoms with Gasteiger partial charge < -0.3 is 10.1 Å². The largest absolute Gasteiger partial charge is 0.378 e. The van der Waals surface area contributed by atoms with Crippen molar-refractivity contribution >= 4 is 0 Å². The first-order valence-electron chi connectivity index (χ1n) is 6.61. The summed E-state index contributed by atoms with van der Waals surface area (Å²) in [4.78, 5) is 0. The van der Waals surface area contributed by atoms with E-state index in [1.807, 2.05) is 6.92 Å². The lowest BCUT2D eigenvalue weighted by Crippen LogP contribution is -2.26. The molecule has 19 heavy (non-hydrogen) atoms. The predicted molar refractivity (Wildman–Crippen MR) is 66.3 cm³/mol. The van der Waals surface area contributed by atoms with Gasteiger partial charge in [-0.05, 0) is 31.9 Å². The van der Waals surface area contributed by atoms with E-state index >= 15 is 0 Å². The molecule has 1 aromatic carbocycles. The SMILES string of the molecule is CCNC(CC1CCCO1)c1cc(F)c(F)cc1F. The molecule has 1 N–H and O–H groups in total. The highest BCUT2D eigenvalue weighted by molar-refractivity contribution is 5.23. The molecule has 0 aliphatic carbocycles. The average Bonchev–Trinajstić information content (AvgIpc) is 2.86. The highest BCUT2D eigenvalue weighted by Gasteiger charge is 2.24. The second-order valence-electron chi connectivity index (χ2n) is 4.77. The summed E-state index contributed by atoms with van der Waals surface area (Å²) < 4.78 is 45.5. The van der Waals surface area contributed by atoms with E-state index in [9.17, 15) is 13.2 Å². The van der Waals surface area contributed by atoms with E-state index in [0.717, 1.165) is 18.9 Å². The summed E-state index contributed by atoms with van der Waals surface area (Å²) in [5.41, 5.74) is 0.163. The Bertz CT molecular complexity index is 433. The van der Waals surface area contributed by atoms with Crippen LogP contribution in [0, 0.1) is 17.5 Å². The van der Waals surface area contributed by atoms with E-state index in [1.54, 1.807) is 0 Å². The zero-order valence-electron chi connectivity index (χ0n) is 10.9. The van der Waals surface area contributed by atoms with Gasteiger partial charge in [-0.25, -0.2) is 13.2 Å². The smallest absolute Gasteiger partial charge is 0.161 e. The minimum atomic E-state index is -1.16. The Morgan fingerprint density at radius 2 is 2.00 bits per heavy atom. The van der Waals surface area contributed by atoms with E-state index < -0.39 is 17.5 Å². The maximum absolute atomic E-state index is 13.8. The van der Waals surface area contributed by atoms with Crippen molar-refractivity contribution in [3.8, 4) is 0 Å². The third-order valence-electron chi connectivity index (χ3n) is 3.39. The fraction of sp³-hybridized carbons (Fsp3) is 0.571. The van der Waals surface area contributed by atoms with Crippen LogP contribution in [-0.2, 0) is 4.74 Å². The van der Waals surface area contributed by atoms with E-state index in [-0.39, 0.29) is 17.7 Å². The van der Waals surface area contributed by atoms with Gasteiger partial charge in [-0.3, -0.25) is 0 Å². The van der Waals surface area contributed by atoms with Gasteiger partial charge in [0, 0.05) is 24.3 Å². The van der Waals surface area contributed by atoms with Crippen molar-refractivity contribution in [2.45, 2.75) is 38.3 Å². The molecule has 5 heteroatoms. The molecule has 1 aliphatic rings. The van der Waals surface area contributed by atoms with Crippen LogP contribution in [0.1, 0.15) is 37.8 Å². The van der Waals surface area contributed by atoms with E-state index in [4.69, 9.17) is 4.74 Å². The number of hydrogen-bond donors (Lipinski definition) is 1. The number of ether oxygens (including phenoxy) is 1. The molecule has 2 atom stereocenters. The molecule has 1 aromatic rings. The maximum Gasteiger partial charge on any atom is 0.161 e. The lowest BCUT2D eigenvalue weighted by Gasteiger charge is -2.22. The molecular formula is C14H18F3NO. The predicted octanol–water partition coefficient (Wildman–Crippen LogP) is 3.32. The molecule has 2 nitrogen and oxygen atoms in total. The van der Waals surface area contributed by atoms with Crippen LogP contribution >= 0.6 is 0 Å². The van der Waals surface area contributed by atoms with Crippen molar-refractivity contribution in [2.75, 3.05) is 13.2 Å². The molecule has 2 rings (SSSR count). The summed E-state index contributed by atoms with van der Waals surface area (Å²) in [5, 5.41) is 3.10. The molecule has 1 fully saturated rings. The highest BCUT2D eigenvalue weighted by atomic mass is 19.2. The molecule has 1 saturated heterocycles. The quantitative estimate of drug-likeness (QED) is 0.831. The lowest BCUT2D eigenvalue weighted by molar-refractivity contribution is 0.0943. The Labute approximate surface area is 111 Å². The summed E-state index contributed by atoms with van der Waals surface area (Å²) in [6.07, 6.45) is 2.53. The summed E-state index contributed by atoms with van der Waals surface area (Å²) in [7, 11) is 0. The van der Waals surface area contributed by atoms with Crippen LogP contribution in [0.4, 0.5) is 13.2 Å². The first-order valence-corrected chi connectivity index (χ1v) is 6.61. The fourth-order valence-electron chi connectivity index (χ4n) is 2.46. The van der Waals surface area contributed by atoms with Gasteiger partial charge in [0.1, 0.15) is 5.82 Å². The van der Waals surface area contributed by atoms with Gasteiger partial charge in [0.2, 0.25) is 0 Å². The number of nitrogens with one attached hydrogen (secondary N) is 1. The topological polar surface area (TPSA) is 21.3 Å². The molecule has 1 aliphatic heterocycles. The van der Waals surface area contributed by atoms with Crippen molar-refractivity contribution in [1.82, 2.24) is 5.32 Å². The molecule has 106 valence electrons. The molecule has 0 spiro atoms. The lowest BCUT2D eigenvalue weighted by atomic mass is 9.98. The molecular weight excluding hydrogens is 255 g/mol. The van der Waals surface area contributed by atoms with Crippen molar-refractivity contribution in [3.63, 3.8) is 0 Å². The van der Waals surface area contributed by atoms with Gasteiger partial charge in [0.25, 0.3) is 0 Å². The Hall–Kier alpha value is -1.07. The zero-order chi connectivity index (χ0) is 13.8. The summed E-state index contributed by atoms with van der Waals surface area (Å²) in [6.45, 7) is 3.22. The minimum Gasteiger partial charge on any atom is -0.378 e. The third kappa shape index (κ3) is 3.48. The first kappa shape index (κ1) is 14.3. The molecule has 0 bridgehead atoms. The molecule has 0 amide bonds. The van der Waals surface area contributed by atoms with Crippen LogP contribution in [0.5, 0.6) is 0 Å². The van der Waals surface area contributed by atoms with Crippen LogP contribution in [0.3, 0.4) is 0 Å². The number of halogens is 3. The molecule has 0 aromatic heterocycles. The molecule has 0 saturated carbocycles. The number of benzene rings is 1. The Morgan fingerprint density at radius 1 is 1.26 bits per heavy atom. The Morgan fingerprint density at radius 3 is 2.63 bits per heavy atom. The summed E-state index contributed by atoms with van der Waals surface area (Å²) in [5.74, 6) is -2.90. The van der Waals surface area contributed by atoms with Crippen LogP contribution in [0.25, 0.3) is 0 Å². The van der Waals surface area contributed by atoms with Crippen molar-refractivity contribution in [3.05, 3.63) is 35.1 Å². The van der Waals surface area contributed by atoms with E-state index in [1.165, 1.54) is 0 Å². The van der Waals surface area contributed by atoms with Crippen molar-refractivity contribution < 1.29 is 17.9 Å². The van der Waals surface area contributed by atoms with Gasteiger partial charge in [-0.2, -0.15) is 0 Å². The summed E-state index contributed by atoms with van der Waals surface area (Å²) >= 11 is 0. The average molecular weight is 273 g/mol. The maximum atomic E-state index is 13.8. The Balaban J connectivity index is 2.19. The van der Waals surface area contributed by atoms with Crippen LogP contribution in [0.2, 0.25) is 0 Å². The second-order valence-corrected chi connectivity index (χ2v) is 4.77. The van der Waals surface area contributed by atoms with E-state index in [2.05, 4.69) is 5.32 Å². The Kier molecular flexibility index (Phi) is 4.82. The van der Waals surface area contributed by atoms with Gasteiger partial charge in [-0.15, -0.1) is 0 Å². The van der Waals surface area contributed by atoms with E-state index in [0.29, 0.717) is 25.6 Å². The van der Waals surface area contributed by atoms with Crippen LogP contribution in [0.15, 0.2) is 12.1 Å². The third-order valence-corrected chi connectivity index (χ3v) is 3.39. The molecule has 0 radical (unpaired) electrons. The number of hydrogen-bond acceptors (Lipinski definition) is 2. The van der Waals surface area contributed by atoms with Gasteiger partial charge in [0.15, 0.2) is 11.6 Å². The zero-order valence-corrected chi connectivity index (χ0v) is 10.9. The van der Waals surface area contributed by atoms with Crippen molar-refractivity contribution in [2.24, 2.45) is 0 Å². The van der Waals surface area contributed by atoms with Gasteiger partial charge in [-0.1, -0.05) is 6.92 Å². The monoisotopic (exact) mass is 273 g/mol. The van der Waals surface area contributed by atoms with Crippen molar-refractivity contribution in [1.29, 1.82) is 0 Å². The summed E-state index contributed by atoms with van der Waals surface area (Å²) in [6, 6.07) is 1.18. The van der Waals surface area contributed by atoms with Crippen LogP contribution < -0.4 is 5.32 Å². The molecule has 1 heterocycles.